The van der Waals surface area contributed by atoms with E-state index < -0.39 is 30.7 Å². The molecular formula is C23H30N2O5. The van der Waals surface area contributed by atoms with Gasteiger partial charge in [0.1, 0.15) is 12.1 Å². The largest absolute Gasteiger partial charge is 0.456 e. The number of amides is 3. The van der Waals surface area contributed by atoms with Crippen molar-refractivity contribution in [3.05, 3.63) is 33.9 Å². The van der Waals surface area contributed by atoms with Gasteiger partial charge in [0.25, 0.3) is 5.91 Å². The van der Waals surface area contributed by atoms with E-state index in [2.05, 4.69) is 5.32 Å². The molecule has 0 unspecified atom stereocenters. The number of ether oxygens (including phenoxy) is 1. The van der Waals surface area contributed by atoms with Crippen LogP contribution in [-0.4, -0.2) is 47.3 Å². The fourth-order valence-electron chi connectivity index (χ4n) is 4.54. The maximum Gasteiger partial charge on any atom is 0.326 e. The molecule has 2 atom stereocenters. The first-order chi connectivity index (χ1) is 14.1. The van der Waals surface area contributed by atoms with Crippen LogP contribution in [0, 0.1) is 33.6 Å². The minimum Gasteiger partial charge on any atom is -0.456 e. The topological polar surface area (TPSA) is 92.8 Å². The van der Waals surface area contributed by atoms with Gasteiger partial charge in [0.15, 0.2) is 6.61 Å². The van der Waals surface area contributed by atoms with Crippen molar-refractivity contribution in [3.8, 4) is 0 Å². The van der Waals surface area contributed by atoms with Gasteiger partial charge >= 0.3 is 12.0 Å². The molecule has 1 saturated carbocycles. The molecule has 1 aromatic rings. The molecule has 162 valence electrons. The SMILES string of the molecule is Cc1cc(C(=O)COC(=O)CN2C(=O)N[C@@]3(CCCC[C@@H]3C)C2=O)c(C)c(C)c1C. The number of benzene rings is 1. The third-order valence-corrected chi connectivity index (χ3v) is 6.93. The summed E-state index contributed by atoms with van der Waals surface area (Å²) in [4.78, 5) is 51.1. The summed E-state index contributed by atoms with van der Waals surface area (Å²) >= 11 is 0. The zero-order chi connectivity index (χ0) is 22.2. The Labute approximate surface area is 177 Å². The van der Waals surface area contributed by atoms with Gasteiger partial charge in [0.2, 0.25) is 5.78 Å². The summed E-state index contributed by atoms with van der Waals surface area (Å²) in [5.41, 5.74) is 3.63. The first-order valence-electron chi connectivity index (χ1n) is 10.5. The Morgan fingerprint density at radius 2 is 1.83 bits per heavy atom. The van der Waals surface area contributed by atoms with E-state index in [1.165, 1.54) is 0 Å². The minimum atomic E-state index is -0.917. The zero-order valence-corrected chi connectivity index (χ0v) is 18.4. The molecular weight excluding hydrogens is 384 g/mol. The first kappa shape index (κ1) is 22.0. The number of urea groups is 1. The van der Waals surface area contributed by atoms with Crippen LogP contribution in [0.15, 0.2) is 6.07 Å². The second-order valence-corrected chi connectivity index (χ2v) is 8.64. The predicted octanol–water partition coefficient (Wildman–Crippen LogP) is 3.15. The summed E-state index contributed by atoms with van der Waals surface area (Å²) in [7, 11) is 0. The molecule has 1 aromatic carbocycles. The number of carbonyl (C=O) groups is 4. The van der Waals surface area contributed by atoms with Crippen molar-refractivity contribution in [3.63, 3.8) is 0 Å². The van der Waals surface area contributed by atoms with E-state index in [0.717, 1.165) is 46.4 Å². The summed E-state index contributed by atoms with van der Waals surface area (Å²) in [6.07, 6.45) is 3.31. The molecule has 7 nitrogen and oxygen atoms in total. The molecule has 2 aliphatic rings. The standard InChI is InChI=1S/C23H30N2O5/c1-13-10-18(17(5)16(4)15(13)3)19(26)12-30-20(27)11-25-21(28)23(24-22(25)29)9-7-6-8-14(23)2/h10,14H,6-9,11-12H2,1-5H3,(H,24,29)/t14-,23+/m0/s1. The van der Waals surface area contributed by atoms with E-state index >= 15 is 0 Å². The summed E-state index contributed by atoms with van der Waals surface area (Å²) in [5.74, 6) is -1.43. The molecule has 7 heteroatoms. The number of hydrogen-bond donors (Lipinski definition) is 1. The lowest BCUT2D eigenvalue weighted by Gasteiger charge is -2.36. The van der Waals surface area contributed by atoms with Crippen molar-refractivity contribution in [1.82, 2.24) is 10.2 Å². The van der Waals surface area contributed by atoms with Gasteiger partial charge in [-0.3, -0.25) is 19.3 Å². The zero-order valence-electron chi connectivity index (χ0n) is 18.4. The highest BCUT2D eigenvalue weighted by Crippen LogP contribution is 2.38. The van der Waals surface area contributed by atoms with Gasteiger partial charge in [-0.15, -0.1) is 0 Å². The number of imide groups is 1. The van der Waals surface area contributed by atoms with E-state index in [4.69, 9.17) is 4.74 Å². The van der Waals surface area contributed by atoms with Crippen molar-refractivity contribution in [2.75, 3.05) is 13.2 Å². The molecule has 1 aliphatic carbocycles. The van der Waals surface area contributed by atoms with Crippen molar-refractivity contribution < 1.29 is 23.9 Å². The van der Waals surface area contributed by atoms with Gasteiger partial charge < -0.3 is 10.1 Å². The van der Waals surface area contributed by atoms with E-state index in [1.54, 1.807) is 6.07 Å². The van der Waals surface area contributed by atoms with Crippen LogP contribution in [0.2, 0.25) is 0 Å². The smallest absolute Gasteiger partial charge is 0.326 e. The molecule has 1 heterocycles. The fourth-order valence-corrected chi connectivity index (χ4v) is 4.54. The number of hydrogen-bond acceptors (Lipinski definition) is 5. The van der Waals surface area contributed by atoms with E-state index in [0.29, 0.717) is 12.0 Å². The monoisotopic (exact) mass is 414 g/mol. The first-order valence-corrected chi connectivity index (χ1v) is 10.5. The normalized spacial score (nSPS) is 23.6. The number of ketones is 1. The van der Waals surface area contributed by atoms with Gasteiger partial charge in [-0.05, 0) is 74.8 Å². The summed E-state index contributed by atoms with van der Waals surface area (Å²) < 4.78 is 5.12. The number of nitrogens with one attached hydrogen (secondary N) is 1. The van der Waals surface area contributed by atoms with Crippen molar-refractivity contribution in [2.45, 2.75) is 65.8 Å². The second-order valence-electron chi connectivity index (χ2n) is 8.64. The average molecular weight is 415 g/mol. The number of rotatable bonds is 5. The van der Waals surface area contributed by atoms with Gasteiger partial charge in [-0.1, -0.05) is 19.8 Å². The molecule has 0 aromatic heterocycles. The van der Waals surface area contributed by atoms with E-state index in [-0.39, 0.29) is 17.6 Å². The van der Waals surface area contributed by atoms with Crippen LogP contribution in [-0.2, 0) is 14.3 Å². The number of esters is 1. The molecule has 0 radical (unpaired) electrons. The molecule has 3 amide bonds. The third-order valence-electron chi connectivity index (χ3n) is 6.93. The van der Waals surface area contributed by atoms with Crippen molar-refractivity contribution in [1.29, 1.82) is 0 Å². The molecule has 3 rings (SSSR count). The maximum absolute atomic E-state index is 12.9. The third kappa shape index (κ3) is 3.73. The molecule has 30 heavy (non-hydrogen) atoms. The molecule has 1 spiro atoms. The second kappa shape index (κ2) is 8.20. The van der Waals surface area contributed by atoms with Crippen LogP contribution in [0.25, 0.3) is 0 Å². The Balaban J connectivity index is 1.63. The summed E-state index contributed by atoms with van der Waals surface area (Å²) in [6.45, 7) is 8.80. The lowest BCUT2D eigenvalue weighted by Crippen LogP contribution is -2.54. The quantitative estimate of drug-likeness (QED) is 0.454. The fraction of sp³-hybridized carbons (Fsp3) is 0.565. The lowest BCUT2D eigenvalue weighted by molar-refractivity contribution is -0.147. The van der Waals surface area contributed by atoms with Crippen LogP contribution in [0.3, 0.4) is 0 Å². The molecule has 0 bridgehead atoms. The van der Waals surface area contributed by atoms with Crippen molar-refractivity contribution >= 4 is 23.7 Å². The van der Waals surface area contributed by atoms with Crippen LogP contribution in [0.5, 0.6) is 0 Å². The van der Waals surface area contributed by atoms with Crippen molar-refractivity contribution in [2.24, 2.45) is 5.92 Å². The lowest BCUT2D eigenvalue weighted by atomic mass is 9.73. The van der Waals surface area contributed by atoms with Gasteiger partial charge in [-0.2, -0.15) is 0 Å². The van der Waals surface area contributed by atoms with Crippen LogP contribution >= 0.6 is 0 Å². The molecule has 1 saturated heterocycles. The number of carbonyl (C=O) groups excluding carboxylic acids is 4. The average Bonchev–Trinajstić information content (AvgIpc) is 2.94. The van der Waals surface area contributed by atoms with E-state index in [1.807, 2.05) is 34.6 Å². The Bertz CT molecular complexity index is 923. The Hall–Kier alpha value is -2.70. The highest BCUT2D eigenvalue weighted by atomic mass is 16.5. The minimum absolute atomic E-state index is 0.0151. The highest BCUT2D eigenvalue weighted by molar-refractivity contribution is 6.09. The molecule has 1 aliphatic heterocycles. The van der Waals surface area contributed by atoms with E-state index in [9.17, 15) is 19.2 Å². The van der Waals surface area contributed by atoms with Crippen LogP contribution < -0.4 is 5.32 Å². The number of Topliss-reactive ketones (excluding diaryl/α,β-unsaturated/α-hetero) is 1. The highest BCUT2D eigenvalue weighted by Gasteiger charge is 2.55. The number of aryl methyl sites for hydroxylation is 1. The maximum atomic E-state index is 12.9. The summed E-state index contributed by atoms with van der Waals surface area (Å²) in [5, 5.41) is 2.80. The Morgan fingerprint density at radius 1 is 1.13 bits per heavy atom. The van der Waals surface area contributed by atoms with Crippen LogP contribution in [0.1, 0.15) is 65.2 Å². The van der Waals surface area contributed by atoms with Gasteiger partial charge in [0.05, 0.1) is 0 Å². The van der Waals surface area contributed by atoms with Crippen LogP contribution in [0.4, 0.5) is 4.79 Å². The Morgan fingerprint density at radius 3 is 2.50 bits per heavy atom. The van der Waals surface area contributed by atoms with Gasteiger partial charge in [-0.25, -0.2) is 4.79 Å². The molecule has 1 N–H and O–H groups in total. The molecule has 2 fully saturated rings. The summed E-state index contributed by atoms with van der Waals surface area (Å²) in [6, 6.07) is 1.23. The number of nitrogens with zero attached hydrogens (tertiary/aromatic N) is 1. The Kier molecular flexibility index (Phi) is 6.01. The predicted molar refractivity (Wildman–Crippen MR) is 111 cm³/mol. The van der Waals surface area contributed by atoms with Gasteiger partial charge in [0, 0.05) is 5.56 Å².